The second kappa shape index (κ2) is 6.57. The Morgan fingerprint density at radius 2 is 2.13 bits per heavy atom. The van der Waals surface area contributed by atoms with E-state index in [2.05, 4.69) is 33.0 Å². The number of rotatable bonds is 5. The summed E-state index contributed by atoms with van der Waals surface area (Å²) >= 11 is 3.35. The monoisotopic (exact) mass is 351 g/mol. The van der Waals surface area contributed by atoms with Crippen molar-refractivity contribution in [2.75, 3.05) is 18.1 Å². The molecule has 0 atom stereocenters. The number of hydrogen-bond acceptors (Lipinski definition) is 6. The van der Waals surface area contributed by atoms with Gasteiger partial charge in [-0.25, -0.2) is 9.97 Å². The lowest BCUT2D eigenvalue weighted by Crippen LogP contribution is -2.31. The third-order valence-electron chi connectivity index (χ3n) is 4.11. The number of thioether (sulfide) groups is 1. The Morgan fingerprint density at radius 3 is 2.83 bits per heavy atom. The summed E-state index contributed by atoms with van der Waals surface area (Å²) in [6.45, 7) is 10.4. The van der Waals surface area contributed by atoms with Gasteiger partial charge in [-0.15, -0.1) is 11.3 Å². The minimum atomic E-state index is -0.117. The highest BCUT2D eigenvalue weighted by atomic mass is 32.2. The third-order valence-corrected chi connectivity index (χ3v) is 5.75. The first kappa shape index (κ1) is 17.0. The van der Waals surface area contributed by atoms with Gasteiger partial charge in [0.1, 0.15) is 10.6 Å². The van der Waals surface area contributed by atoms with Crippen LogP contribution in [0.4, 0.5) is 5.82 Å². The summed E-state index contributed by atoms with van der Waals surface area (Å²) in [5.41, 5.74) is 1.26. The SMILES string of the molecule is CSc1nc(NCCC(C)C)c2c3c(sc2n1)COC(C)(C)C3. The van der Waals surface area contributed by atoms with Crippen LogP contribution in [0, 0.1) is 5.92 Å². The first-order valence-corrected chi connectivity index (χ1v) is 10.2. The van der Waals surface area contributed by atoms with Gasteiger partial charge in [-0.05, 0) is 38.0 Å². The summed E-state index contributed by atoms with van der Waals surface area (Å²) in [5.74, 6) is 1.68. The van der Waals surface area contributed by atoms with Crippen LogP contribution in [0.15, 0.2) is 5.16 Å². The number of nitrogens with zero attached hydrogens (tertiary/aromatic N) is 2. The van der Waals surface area contributed by atoms with E-state index >= 15 is 0 Å². The van der Waals surface area contributed by atoms with Crippen molar-refractivity contribution in [2.45, 2.75) is 57.9 Å². The zero-order valence-corrected chi connectivity index (χ0v) is 16.2. The maximum atomic E-state index is 5.97. The van der Waals surface area contributed by atoms with Gasteiger partial charge in [0.05, 0.1) is 17.6 Å². The quantitative estimate of drug-likeness (QED) is 0.624. The van der Waals surface area contributed by atoms with Crippen molar-refractivity contribution in [3.05, 3.63) is 10.4 Å². The fraction of sp³-hybridized carbons (Fsp3) is 0.647. The highest BCUT2D eigenvalue weighted by molar-refractivity contribution is 7.98. The summed E-state index contributed by atoms with van der Waals surface area (Å²) in [6, 6.07) is 0. The molecule has 2 aromatic heterocycles. The van der Waals surface area contributed by atoms with Gasteiger partial charge in [-0.1, -0.05) is 25.6 Å². The van der Waals surface area contributed by atoms with E-state index in [-0.39, 0.29) is 5.60 Å². The molecule has 1 aliphatic rings. The average molecular weight is 352 g/mol. The molecule has 0 saturated carbocycles. The Morgan fingerprint density at radius 1 is 1.35 bits per heavy atom. The van der Waals surface area contributed by atoms with Gasteiger partial charge in [-0.3, -0.25) is 0 Å². The molecule has 0 spiro atoms. The number of fused-ring (bicyclic) bond motifs is 3. The van der Waals surface area contributed by atoms with Crippen molar-refractivity contribution in [1.29, 1.82) is 0 Å². The van der Waals surface area contributed by atoms with Crippen LogP contribution in [0.3, 0.4) is 0 Å². The van der Waals surface area contributed by atoms with Crippen molar-refractivity contribution in [2.24, 2.45) is 5.92 Å². The molecule has 0 bridgehead atoms. The molecule has 3 heterocycles. The standard InChI is InChI=1S/C17H25N3OS2/c1-10(2)6-7-18-14-13-11-8-17(3,4)21-9-12(11)23-15(13)20-16(19-14)22-5/h10H,6-9H2,1-5H3,(H,18,19,20). The van der Waals surface area contributed by atoms with Gasteiger partial charge in [0.15, 0.2) is 5.16 Å². The molecule has 23 heavy (non-hydrogen) atoms. The number of aromatic nitrogens is 2. The molecule has 2 aromatic rings. The van der Waals surface area contributed by atoms with E-state index in [0.717, 1.165) is 35.2 Å². The van der Waals surface area contributed by atoms with E-state index in [1.807, 2.05) is 6.26 Å². The van der Waals surface area contributed by atoms with Crippen LogP contribution in [0.5, 0.6) is 0 Å². The summed E-state index contributed by atoms with van der Waals surface area (Å²) in [5, 5.41) is 5.61. The van der Waals surface area contributed by atoms with Crippen LogP contribution in [0.2, 0.25) is 0 Å². The van der Waals surface area contributed by atoms with E-state index < -0.39 is 0 Å². The van der Waals surface area contributed by atoms with Crippen molar-refractivity contribution < 1.29 is 4.74 Å². The minimum Gasteiger partial charge on any atom is -0.370 e. The molecule has 4 nitrogen and oxygen atoms in total. The normalized spacial score (nSPS) is 16.8. The largest absolute Gasteiger partial charge is 0.370 e. The van der Waals surface area contributed by atoms with Crippen molar-refractivity contribution in [3.8, 4) is 0 Å². The molecule has 0 saturated heterocycles. The molecule has 1 N–H and O–H groups in total. The number of ether oxygens (including phenoxy) is 1. The molecule has 0 unspecified atom stereocenters. The fourth-order valence-corrected chi connectivity index (χ4v) is 4.35. The first-order chi connectivity index (χ1) is 10.9. The number of nitrogens with one attached hydrogen (secondary N) is 1. The topological polar surface area (TPSA) is 47.0 Å². The number of thiophene rings is 1. The molecule has 0 aromatic carbocycles. The highest BCUT2D eigenvalue weighted by Crippen LogP contribution is 2.41. The lowest BCUT2D eigenvalue weighted by Gasteiger charge is -2.30. The molecular formula is C17H25N3OS2. The van der Waals surface area contributed by atoms with E-state index in [9.17, 15) is 0 Å². The highest BCUT2D eigenvalue weighted by Gasteiger charge is 2.30. The van der Waals surface area contributed by atoms with Crippen molar-refractivity contribution in [3.63, 3.8) is 0 Å². The molecule has 126 valence electrons. The Labute approximate surface area is 146 Å². The van der Waals surface area contributed by atoms with E-state index in [1.54, 1.807) is 23.1 Å². The van der Waals surface area contributed by atoms with Gasteiger partial charge in [0.2, 0.25) is 0 Å². The molecule has 6 heteroatoms. The van der Waals surface area contributed by atoms with Crippen molar-refractivity contribution >= 4 is 39.1 Å². The van der Waals surface area contributed by atoms with Gasteiger partial charge in [0.25, 0.3) is 0 Å². The molecule has 0 radical (unpaired) electrons. The van der Waals surface area contributed by atoms with Crippen LogP contribution in [-0.2, 0) is 17.8 Å². The second-order valence-corrected chi connectivity index (χ2v) is 8.93. The molecule has 3 rings (SSSR count). The van der Waals surface area contributed by atoms with E-state index in [4.69, 9.17) is 14.7 Å². The van der Waals surface area contributed by atoms with E-state index in [1.165, 1.54) is 15.8 Å². The predicted octanol–water partition coefficient (Wildman–Crippen LogP) is 4.72. The maximum absolute atomic E-state index is 5.97. The first-order valence-electron chi connectivity index (χ1n) is 8.14. The zero-order chi connectivity index (χ0) is 16.6. The van der Waals surface area contributed by atoms with Gasteiger partial charge >= 0.3 is 0 Å². The molecule has 0 fully saturated rings. The lowest BCUT2D eigenvalue weighted by molar-refractivity contribution is -0.0379. The zero-order valence-electron chi connectivity index (χ0n) is 14.5. The van der Waals surface area contributed by atoms with Crippen LogP contribution < -0.4 is 5.32 Å². The van der Waals surface area contributed by atoms with Gasteiger partial charge in [0, 0.05) is 17.8 Å². The summed E-state index contributed by atoms with van der Waals surface area (Å²) in [6.07, 6.45) is 4.09. The summed E-state index contributed by atoms with van der Waals surface area (Å²) in [7, 11) is 0. The number of anilines is 1. The number of hydrogen-bond donors (Lipinski definition) is 1. The summed E-state index contributed by atoms with van der Waals surface area (Å²) < 4.78 is 5.97. The second-order valence-electron chi connectivity index (χ2n) is 7.08. The minimum absolute atomic E-state index is 0.117. The smallest absolute Gasteiger partial charge is 0.190 e. The molecule has 0 amide bonds. The predicted molar refractivity (Wildman–Crippen MR) is 99.7 cm³/mol. The van der Waals surface area contributed by atoms with Crippen molar-refractivity contribution in [1.82, 2.24) is 9.97 Å². The molecular weight excluding hydrogens is 326 g/mol. The van der Waals surface area contributed by atoms with Crippen LogP contribution in [0.25, 0.3) is 10.2 Å². The average Bonchev–Trinajstić information content (AvgIpc) is 2.83. The van der Waals surface area contributed by atoms with Gasteiger partial charge in [-0.2, -0.15) is 0 Å². The van der Waals surface area contributed by atoms with E-state index in [0.29, 0.717) is 12.5 Å². The Balaban J connectivity index is 2.03. The molecule has 0 aliphatic carbocycles. The maximum Gasteiger partial charge on any atom is 0.190 e. The Kier molecular flexibility index (Phi) is 4.85. The summed E-state index contributed by atoms with van der Waals surface area (Å²) in [4.78, 5) is 11.9. The third kappa shape index (κ3) is 3.64. The molecule has 1 aliphatic heterocycles. The lowest BCUT2D eigenvalue weighted by atomic mass is 9.94. The fourth-order valence-electron chi connectivity index (χ4n) is 2.82. The Hall–Kier alpha value is -0.850. The van der Waals surface area contributed by atoms with Gasteiger partial charge < -0.3 is 10.1 Å². The van der Waals surface area contributed by atoms with Crippen LogP contribution in [0.1, 0.15) is 44.6 Å². The van der Waals surface area contributed by atoms with Crippen LogP contribution in [-0.4, -0.2) is 28.4 Å². The Bertz CT molecular complexity index is 709. The van der Waals surface area contributed by atoms with Crippen LogP contribution >= 0.6 is 23.1 Å².